The van der Waals surface area contributed by atoms with Crippen molar-refractivity contribution in [3.05, 3.63) is 21.3 Å². The molecule has 14 heavy (non-hydrogen) atoms. The molecule has 3 nitrogen and oxygen atoms in total. The molecule has 74 valence electrons. The summed E-state index contributed by atoms with van der Waals surface area (Å²) < 4.78 is 17.7. The van der Waals surface area contributed by atoms with Crippen LogP contribution in [0.5, 0.6) is 5.75 Å². The van der Waals surface area contributed by atoms with E-state index in [9.17, 15) is 4.39 Å². The first-order valence-corrected chi connectivity index (χ1v) is 4.94. The number of anilines is 1. The number of nitriles is 1. The second-order valence-electron chi connectivity index (χ2n) is 2.53. The van der Waals surface area contributed by atoms with Crippen molar-refractivity contribution in [3.63, 3.8) is 0 Å². The fourth-order valence-corrected chi connectivity index (χ4v) is 1.77. The topological polar surface area (TPSA) is 59.0 Å². The van der Waals surface area contributed by atoms with Gasteiger partial charge in [0.15, 0.2) is 5.75 Å². The Hall–Kier alpha value is -1.03. The number of halogens is 2. The Labute approximate surface area is 94.8 Å². The first-order valence-electron chi connectivity index (χ1n) is 3.87. The number of nitrogens with two attached hydrogens (primary N) is 1. The van der Waals surface area contributed by atoms with Gasteiger partial charge in [-0.05, 0) is 34.7 Å². The summed E-state index contributed by atoms with van der Waals surface area (Å²) in [5, 5.41) is 8.64. The number of rotatable bonds is 3. The van der Waals surface area contributed by atoms with Crippen LogP contribution in [0.1, 0.15) is 5.56 Å². The Bertz CT molecular complexity index is 353. The number of benzene rings is 1. The van der Waals surface area contributed by atoms with Crippen LogP contribution >= 0.6 is 22.6 Å². The van der Waals surface area contributed by atoms with Crippen molar-refractivity contribution in [2.24, 2.45) is 0 Å². The highest BCUT2D eigenvalue weighted by atomic mass is 127. The minimum absolute atomic E-state index is 0.0217. The maximum absolute atomic E-state index is 11.9. The lowest BCUT2D eigenvalue weighted by Gasteiger charge is -2.09. The molecule has 1 rings (SSSR count). The summed E-state index contributed by atoms with van der Waals surface area (Å²) in [6.45, 7) is -0.582. The Morgan fingerprint density at radius 2 is 2.29 bits per heavy atom. The summed E-state index contributed by atoms with van der Waals surface area (Å²) in [5.41, 5.74) is 6.47. The Morgan fingerprint density at radius 1 is 1.57 bits per heavy atom. The molecule has 0 aromatic heterocycles. The highest BCUT2D eigenvalue weighted by Crippen LogP contribution is 2.29. The predicted octanol–water partition coefficient (Wildman–Crippen LogP) is 2.09. The number of hydrogen-bond acceptors (Lipinski definition) is 3. The summed E-state index contributed by atoms with van der Waals surface area (Å²) in [5.74, 6) is 0.447. The zero-order valence-corrected chi connectivity index (χ0v) is 9.42. The second-order valence-corrected chi connectivity index (χ2v) is 3.69. The molecule has 0 unspecified atom stereocenters. The van der Waals surface area contributed by atoms with E-state index in [1.807, 2.05) is 28.7 Å². The largest absolute Gasteiger partial charge is 0.488 e. The lowest BCUT2D eigenvalue weighted by atomic mass is 10.2. The molecule has 0 amide bonds. The molecule has 1 aromatic carbocycles. The van der Waals surface area contributed by atoms with Crippen molar-refractivity contribution >= 4 is 28.3 Å². The Balaban J connectivity index is 3.01. The van der Waals surface area contributed by atoms with Crippen LogP contribution in [-0.4, -0.2) is 13.3 Å². The number of alkyl halides is 1. The molecule has 0 aliphatic carbocycles. The molecule has 5 heteroatoms. The highest BCUT2D eigenvalue weighted by Gasteiger charge is 2.07. The average Bonchev–Trinajstić information content (AvgIpc) is 2.16. The predicted molar refractivity (Wildman–Crippen MR) is 59.8 cm³/mol. The van der Waals surface area contributed by atoms with Gasteiger partial charge in [0.1, 0.15) is 13.3 Å². The average molecular weight is 306 g/mol. The fraction of sp³-hybridized carbons (Fsp3) is 0.222. The monoisotopic (exact) mass is 306 g/mol. The van der Waals surface area contributed by atoms with E-state index in [0.717, 1.165) is 0 Å². The van der Waals surface area contributed by atoms with Crippen LogP contribution in [0.15, 0.2) is 12.1 Å². The molecular formula is C9H8FIN2O. The molecule has 0 aliphatic rings. The van der Waals surface area contributed by atoms with Crippen LogP contribution in [0.4, 0.5) is 10.1 Å². The Morgan fingerprint density at radius 3 is 2.79 bits per heavy atom. The van der Waals surface area contributed by atoms with Gasteiger partial charge in [-0.2, -0.15) is 5.26 Å². The van der Waals surface area contributed by atoms with E-state index < -0.39 is 6.67 Å². The fourth-order valence-electron chi connectivity index (χ4n) is 0.972. The lowest BCUT2D eigenvalue weighted by Crippen LogP contribution is -2.03. The van der Waals surface area contributed by atoms with E-state index in [1.165, 1.54) is 6.07 Å². The van der Waals surface area contributed by atoms with Crippen molar-refractivity contribution in [3.8, 4) is 11.8 Å². The van der Waals surface area contributed by atoms with Gasteiger partial charge in [-0.3, -0.25) is 0 Å². The molecule has 0 spiro atoms. The molecule has 1 aromatic rings. The molecule has 2 N–H and O–H groups in total. The summed E-state index contributed by atoms with van der Waals surface area (Å²) in [6, 6.07) is 5.13. The summed E-state index contributed by atoms with van der Waals surface area (Å²) in [7, 11) is 0. The van der Waals surface area contributed by atoms with E-state index in [4.69, 9.17) is 15.7 Å². The molecule has 0 radical (unpaired) electrons. The van der Waals surface area contributed by atoms with Crippen LogP contribution in [-0.2, 0) is 0 Å². The van der Waals surface area contributed by atoms with Crippen LogP contribution in [0.2, 0.25) is 0 Å². The zero-order valence-electron chi connectivity index (χ0n) is 7.26. The molecule has 0 heterocycles. The van der Waals surface area contributed by atoms with E-state index in [2.05, 4.69) is 0 Å². The van der Waals surface area contributed by atoms with E-state index >= 15 is 0 Å². The lowest BCUT2D eigenvalue weighted by molar-refractivity contribution is 0.273. The van der Waals surface area contributed by atoms with Crippen molar-refractivity contribution in [1.29, 1.82) is 5.26 Å². The van der Waals surface area contributed by atoms with Crippen molar-refractivity contribution in [1.82, 2.24) is 0 Å². The van der Waals surface area contributed by atoms with E-state index in [-0.39, 0.29) is 6.61 Å². The standard InChI is InChI=1S/C9H8FIN2O/c10-1-2-14-9-7(11)3-6(5-12)4-8(9)13/h3-4H,1-2,13H2. The quantitative estimate of drug-likeness (QED) is 0.687. The van der Waals surface area contributed by atoms with Crippen molar-refractivity contribution < 1.29 is 9.13 Å². The highest BCUT2D eigenvalue weighted by molar-refractivity contribution is 14.1. The normalized spacial score (nSPS) is 9.50. The van der Waals surface area contributed by atoms with Gasteiger partial charge in [0.05, 0.1) is 20.9 Å². The van der Waals surface area contributed by atoms with Gasteiger partial charge < -0.3 is 10.5 Å². The zero-order chi connectivity index (χ0) is 10.6. The molecule has 0 bridgehead atoms. The maximum Gasteiger partial charge on any atom is 0.155 e. The minimum atomic E-state index is -0.560. The van der Waals surface area contributed by atoms with Crippen LogP contribution in [0, 0.1) is 14.9 Å². The van der Waals surface area contributed by atoms with Gasteiger partial charge in [-0.1, -0.05) is 0 Å². The van der Waals surface area contributed by atoms with Crippen LogP contribution < -0.4 is 10.5 Å². The number of ether oxygens (including phenoxy) is 1. The molecule has 0 fully saturated rings. The van der Waals surface area contributed by atoms with E-state index in [1.54, 1.807) is 6.07 Å². The molecule has 0 aliphatic heterocycles. The van der Waals surface area contributed by atoms with Gasteiger partial charge >= 0.3 is 0 Å². The third-order valence-electron chi connectivity index (χ3n) is 1.52. The smallest absolute Gasteiger partial charge is 0.155 e. The van der Waals surface area contributed by atoms with E-state index in [0.29, 0.717) is 20.6 Å². The minimum Gasteiger partial charge on any atom is -0.488 e. The first kappa shape index (κ1) is 11.0. The first-order chi connectivity index (χ1) is 6.69. The third-order valence-corrected chi connectivity index (χ3v) is 2.33. The summed E-state index contributed by atoms with van der Waals surface area (Å²) in [4.78, 5) is 0. The van der Waals surface area contributed by atoms with Gasteiger partial charge in [-0.15, -0.1) is 0 Å². The van der Waals surface area contributed by atoms with Crippen molar-refractivity contribution in [2.75, 3.05) is 19.0 Å². The second kappa shape index (κ2) is 5.00. The van der Waals surface area contributed by atoms with Gasteiger partial charge in [0, 0.05) is 0 Å². The van der Waals surface area contributed by atoms with Crippen molar-refractivity contribution in [2.45, 2.75) is 0 Å². The van der Waals surface area contributed by atoms with Gasteiger partial charge in [-0.25, -0.2) is 4.39 Å². The molecule has 0 saturated carbocycles. The molecule has 0 saturated heterocycles. The maximum atomic E-state index is 11.9. The number of nitrogens with zero attached hydrogens (tertiary/aromatic N) is 1. The molecular weight excluding hydrogens is 298 g/mol. The van der Waals surface area contributed by atoms with Gasteiger partial charge in [0.2, 0.25) is 0 Å². The van der Waals surface area contributed by atoms with Crippen LogP contribution in [0.25, 0.3) is 0 Å². The number of hydrogen-bond donors (Lipinski definition) is 1. The van der Waals surface area contributed by atoms with Gasteiger partial charge in [0.25, 0.3) is 0 Å². The molecule has 0 atom stereocenters. The SMILES string of the molecule is N#Cc1cc(N)c(OCCF)c(I)c1. The van der Waals surface area contributed by atoms with Crippen LogP contribution in [0.3, 0.4) is 0 Å². The Kier molecular flexibility index (Phi) is 3.95. The third kappa shape index (κ3) is 2.48. The summed E-state index contributed by atoms with van der Waals surface area (Å²) >= 11 is 2.00. The summed E-state index contributed by atoms with van der Waals surface area (Å²) in [6.07, 6.45) is 0. The number of nitrogen functional groups attached to an aromatic ring is 1.